The number of rotatable bonds is 9. The molecule has 0 aromatic heterocycles. The van der Waals surface area contributed by atoms with Gasteiger partial charge in [0.2, 0.25) is 0 Å². The summed E-state index contributed by atoms with van der Waals surface area (Å²) >= 11 is 0. The van der Waals surface area contributed by atoms with Crippen molar-refractivity contribution in [2.45, 2.75) is 6.42 Å². The Morgan fingerprint density at radius 1 is 0.366 bits per heavy atom. The van der Waals surface area contributed by atoms with Crippen LogP contribution in [0.25, 0.3) is 0 Å². The van der Waals surface area contributed by atoms with Gasteiger partial charge in [0.25, 0.3) is 0 Å². The van der Waals surface area contributed by atoms with Gasteiger partial charge in [-0.1, -0.05) is 151 Å². The smallest absolute Gasteiger partial charge is 0.0706 e. The van der Waals surface area contributed by atoms with Crippen LogP contribution in [-0.2, 0) is 0 Å². The molecular weight excluding hydrogens is 530 g/mol. The van der Waals surface area contributed by atoms with Crippen molar-refractivity contribution in [2.24, 2.45) is 0 Å². The van der Waals surface area contributed by atoms with Crippen molar-refractivity contribution in [3.8, 4) is 0 Å². The summed E-state index contributed by atoms with van der Waals surface area (Å²) in [6.07, 6.45) is 2.07. The van der Waals surface area contributed by atoms with Crippen LogP contribution in [0.1, 0.15) is 6.42 Å². The maximum Gasteiger partial charge on any atom is 0.112 e. The molecule has 0 aliphatic rings. The van der Waals surface area contributed by atoms with Crippen molar-refractivity contribution in [1.82, 2.24) is 0 Å². The first-order valence-corrected chi connectivity index (χ1v) is 18.1. The lowest BCUT2D eigenvalue weighted by molar-refractivity contribution is 1.35. The molecule has 6 aromatic rings. The molecule has 0 saturated carbocycles. The Hall–Kier alpha value is -3.95. The summed E-state index contributed by atoms with van der Waals surface area (Å²) in [6.45, 7) is -2.02. The van der Waals surface area contributed by atoms with Gasteiger partial charge in [0.05, 0.1) is 6.16 Å². The van der Waals surface area contributed by atoms with Crippen molar-refractivity contribution in [1.29, 1.82) is 0 Å². The molecule has 0 nitrogen and oxygen atoms in total. The molecular formula is C39H35P2+. The molecule has 0 bridgehead atoms. The standard InChI is InChI=1S/C39H35P2/c1-7-20-34(21-8-1)40(35-22-9-2-10-23-35,36-24-11-3-12-25-36)32-19-33-41(37-26-13-4-14-27-37,38-28-15-5-16-29-38)39-30-17-6-18-31-39/h1-18,20-32H,19,33H2/q+1. The van der Waals surface area contributed by atoms with Gasteiger partial charge in [-0.25, -0.2) is 0 Å². The van der Waals surface area contributed by atoms with E-state index >= 15 is 0 Å². The minimum Gasteiger partial charge on any atom is -0.0706 e. The van der Waals surface area contributed by atoms with Gasteiger partial charge in [0.15, 0.2) is 0 Å². The van der Waals surface area contributed by atoms with Crippen LogP contribution in [-0.4, -0.2) is 12.0 Å². The summed E-state index contributed by atoms with van der Waals surface area (Å²) in [5.74, 6) is 2.70. The molecule has 6 aromatic carbocycles. The lowest BCUT2D eigenvalue weighted by Crippen LogP contribution is -2.34. The van der Waals surface area contributed by atoms with E-state index in [-0.39, 0.29) is 0 Å². The fourth-order valence-corrected chi connectivity index (χ4v) is 14.5. The highest BCUT2D eigenvalue weighted by atomic mass is 31.2. The Morgan fingerprint density at radius 2 is 0.634 bits per heavy atom. The maximum absolute atomic E-state index is 2.70. The van der Waals surface area contributed by atoms with Crippen LogP contribution in [0, 0.1) is 0 Å². The average Bonchev–Trinajstić information content (AvgIpc) is 3.08. The topological polar surface area (TPSA) is 0 Å². The summed E-state index contributed by atoms with van der Waals surface area (Å²) in [5.41, 5.74) is 0. The minimum atomic E-state index is -2.02. The molecule has 0 saturated heterocycles. The first kappa shape index (κ1) is 27.2. The van der Waals surface area contributed by atoms with Crippen LogP contribution in [0.5, 0.6) is 0 Å². The highest BCUT2D eigenvalue weighted by Gasteiger charge is 2.44. The van der Waals surface area contributed by atoms with Crippen molar-refractivity contribution in [3.63, 3.8) is 0 Å². The summed E-state index contributed by atoms with van der Waals surface area (Å²) in [6, 6.07) is 67.3. The fourth-order valence-electron chi connectivity index (χ4n) is 6.08. The van der Waals surface area contributed by atoms with Crippen LogP contribution in [0.15, 0.2) is 182 Å². The van der Waals surface area contributed by atoms with Crippen LogP contribution in [0.4, 0.5) is 0 Å². The van der Waals surface area contributed by atoms with Gasteiger partial charge in [-0.05, 0) is 59.2 Å². The highest BCUT2D eigenvalue weighted by Crippen LogP contribution is 2.56. The van der Waals surface area contributed by atoms with E-state index in [1.54, 1.807) is 0 Å². The van der Waals surface area contributed by atoms with Crippen molar-refractivity contribution < 1.29 is 0 Å². The Kier molecular flexibility index (Phi) is 8.44. The molecule has 0 radical (unpaired) electrons. The third-order valence-corrected chi connectivity index (χ3v) is 16.6. The third-order valence-electron chi connectivity index (χ3n) is 7.95. The lowest BCUT2D eigenvalue weighted by Gasteiger charge is -2.30. The zero-order valence-electron chi connectivity index (χ0n) is 23.2. The SMILES string of the molecule is C(CC[P+](c1ccccc1)(c1ccccc1)c1ccccc1)=P(c1ccccc1)(c1ccccc1)c1ccccc1. The number of hydrogen-bond acceptors (Lipinski definition) is 0. The van der Waals surface area contributed by atoms with E-state index in [1.165, 1.54) is 31.8 Å². The van der Waals surface area contributed by atoms with Crippen molar-refractivity contribution in [2.75, 3.05) is 6.16 Å². The van der Waals surface area contributed by atoms with Crippen LogP contribution < -0.4 is 31.8 Å². The average molecular weight is 566 g/mol. The lowest BCUT2D eigenvalue weighted by atomic mass is 10.3. The molecule has 41 heavy (non-hydrogen) atoms. The monoisotopic (exact) mass is 565 g/mol. The van der Waals surface area contributed by atoms with E-state index in [2.05, 4.69) is 188 Å². The fraction of sp³-hybridized carbons (Fsp3) is 0.0513. The quantitative estimate of drug-likeness (QED) is 0.163. The van der Waals surface area contributed by atoms with E-state index in [4.69, 9.17) is 0 Å². The summed E-state index contributed by atoms with van der Waals surface area (Å²) in [5, 5.41) is 8.53. The summed E-state index contributed by atoms with van der Waals surface area (Å²) in [4.78, 5) is 0. The van der Waals surface area contributed by atoms with E-state index < -0.39 is 14.1 Å². The maximum atomic E-state index is 2.70. The van der Waals surface area contributed by atoms with E-state index in [9.17, 15) is 0 Å². The van der Waals surface area contributed by atoms with Gasteiger partial charge in [-0.2, -0.15) is 0 Å². The van der Waals surface area contributed by atoms with Crippen LogP contribution in [0.2, 0.25) is 0 Å². The Bertz CT molecular complexity index is 1500. The molecule has 200 valence electrons. The second kappa shape index (κ2) is 12.7. The van der Waals surface area contributed by atoms with Crippen molar-refractivity contribution in [3.05, 3.63) is 182 Å². The molecule has 2 heteroatoms. The second-order valence-electron chi connectivity index (χ2n) is 10.2. The molecule has 6 rings (SSSR count). The normalized spacial score (nSPS) is 11.6. The van der Waals surface area contributed by atoms with E-state index in [0.29, 0.717) is 0 Å². The minimum absolute atomic E-state index is 0.999. The highest BCUT2D eigenvalue weighted by molar-refractivity contribution is 7.96. The van der Waals surface area contributed by atoms with Gasteiger partial charge in [0, 0.05) is 6.42 Å². The predicted molar refractivity (Wildman–Crippen MR) is 186 cm³/mol. The second-order valence-corrected chi connectivity index (χ2v) is 17.2. The summed E-state index contributed by atoms with van der Waals surface area (Å²) in [7, 11) is -1.93. The molecule has 0 spiro atoms. The Labute approximate surface area is 245 Å². The first-order valence-electron chi connectivity index (χ1n) is 14.3. The van der Waals surface area contributed by atoms with E-state index in [1.807, 2.05) is 0 Å². The van der Waals surface area contributed by atoms with Gasteiger partial charge < -0.3 is 0 Å². The molecule has 0 fully saturated rings. The molecule has 0 amide bonds. The largest absolute Gasteiger partial charge is 0.112 e. The Balaban J connectivity index is 1.59. The van der Waals surface area contributed by atoms with Gasteiger partial charge >= 0.3 is 0 Å². The number of benzene rings is 6. The van der Waals surface area contributed by atoms with Gasteiger partial charge in [-0.3, -0.25) is 0 Å². The van der Waals surface area contributed by atoms with E-state index in [0.717, 1.165) is 12.6 Å². The van der Waals surface area contributed by atoms with Crippen molar-refractivity contribution >= 4 is 51.8 Å². The van der Waals surface area contributed by atoms with Gasteiger partial charge in [0.1, 0.15) is 23.2 Å². The van der Waals surface area contributed by atoms with Crippen LogP contribution >= 0.6 is 14.1 Å². The molecule has 0 unspecified atom stereocenters. The molecule has 0 aliphatic heterocycles. The summed E-state index contributed by atoms with van der Waals surface area (Å²) < 4.78 is 0. The predicted octanol–water partition coefficient (Wildman–Crippen LogP) is 7.17. The molecule has 0 aliphatic carbocycles. The molecule has 0 atom stereocenters. The third kappa shape index (κ3) is 5.39. The zero-order chi connectivity index (χ0) is 27.8. The number of hydrogen-bond donors (Lipinski definition) is 0. The first-order chi connectivity index (χ1) is 20.3. The van der Waals surface area contributed by atoms with Crippen LogP contribution in [0.3, 0.4) is 0 Å². The van der Waals surface area contributed by atoms with Gasteiger partial charge in [-0.15, -0.1) is 0 Å². The molecule has 0 heterocycles. The molecule has 0 N–H and O–H groups in total. The Morgan fingerprint density at radius 3 is 0.927 bits per heavy atom. The zero-order valence-corrected chi connectivity index (χ0v) is 25.0.